The Hall–Kier alpha value is -1.89. The summed E-state index contributed by atoms with van der Waals surface area (Å²) in [5.74, 6) is -0.360. The third-order valence-electron chi connectivity index (χ3n) is 2.79. The normalized spacial score (nSPS) is 11.5. The van der Waals surface area contributed by atoms with Crippen molar-refractivity contribution in [2.24, 2.45) is 0 Å². The molecule has 21 heavy (non-hydrogen) atoms. The molecule has 1 heterocycles. The van der Waals surface area contributed by atoms with Crippen LogP contribution in [0, 0.1) is 13.8 Å². The third kappa shape index (κ3) is 4.04. The second-order valence-electron chi connectivity index (χ2n) is 4.54. The number of nitrogens with zero attached hydrogens (tertiary/aromatic N) is 1. The van der Waals surface area contributed by atoms with Crippen LogP contribution in [0.5, 0.6) is 0 Å². The number of carbonyl (C=O) groups is 1. The van der Waals surface area contributed by atoms with Gasteiger partial charge in [-0.05, 0) is 32.0 Å². The van der Waals surface area contributed by atoms with Gasteiger partial charge in [0.25, 0.3) is 0 Å². The van der Waals surface area contributed by atoms with Crippen molar-refractivity contribution >= 4 is 22.9 Å². The molecular formula is C14H13F3N2OS. The number of aromatic nitrogens is 1. The van der Waals surface area contributed by atoms with Gasteiger partial charge in [0.2, 0.25) is 5.91 Å². The summed E-state index contributed by atoms with van der Waals surface area (Å²) in [6.45, 7) is 3.64. The van der Waals surface area contributed by atoms with Crippen molar-refractivity contribution in [2.75, 3.05) is 5.32 Å². The van der Waals surface area contributed by atoms with Crippen LogP contribution in [0.2, 0.25) is 0 Å². The van der Waals surface area contributed by atoms with E-state index in [0.717, 1.165) is 27.7 Å². The lowest BCUT2D eigenvalue weighted by molar-refractivity contribution is -0.137. The molecule has 1 amide bonds. The number of nitrogens with one attached hydrogen (secondary N) is 1. The highest BCUT2D eigenvalue weighted by Gasteiger charge is 2.30. The minimum atomic E-state index is -4.42. The largest absolute Gasteiger partial charge is 0.416 e. The Labute approximate surface area is 123 Å². The summed E-state index contributed by atoms with van der Waals surface area (Å²) < 4.78 is 37.8. The first kappa shape index (κ1) is 15.5. The van der Waals surface area contributed by atoms with Crippen molar-refractivity contribution in [3.8, 4) is 0 Å². The number of thiazole rings is 1. The van der Waals surface area contributed by atoms with Gasteiger partial charge in [-0.3, -0.25) is 4.79 Å². The molecule has 0 spiro atoms. The van der Waals surface area contributed by atoms with Crippen LogP contribution < -0.4 is 5.32 Å². The van der Waals surface area contributed by atoms with Gasteiger partial charge in [-0.25, -0.2) is 4.98 Å². The average molecular weight is 314 g/mol. The Balaban J connectivity index is 2.08. The van der Waals surface area contributed by atoms with Gasteiger partial charge in [0.05, 0.1) is 22.7 Å². The van der Waals surface area contributed by atoms with E-state index in [4.69, 9.17) is 0 Å². The summed E-state index contributed by atoms with van der Waals surface area (Å²) in [5.41, 5.74) is 0.121. The third-order valence-corrected chi connectivity index (χ3v) is 3.87. The quantitative estimate of drug-likeness (QED) is 0.932. The highest BCUT2D eigenvalue weighted by Crippen LogP contribution is 2.30. The fraction of sp³-hybridized carbons (Fsp3) is 0.286. The monoisotopic (exact) mass is 314 g/mol. The zero-order valence-electron chi connectivity index (χ0n) is 11.4. The molecule has 2 rings (SSSR count). The molecule has 0 unspecified atom stereocenters. The summed E-state index contributed by atoms with van der Waals surface area (Å²) in [5, 5.41) is 3.34. The molecule has 1 aromatic heterocycles. The topological polar surface area (TPSA) is 42.0 Å². The Morgan fingerprint density at radius 1 is 1.33 bits per heavy atom. The Bertz CT molecular complexity index is 664. The van der Waals surface area contributed by atoms with E-state index in [1.807, 2.05) is 6.92 Å². The first-order valence-corrected chi connectivity index (χ1v) is 6.97. The number of aryl methyl sites for hydroxylation is 2. The lowest BCUT2D eigenvalue weighted by Crippen LogP contribution is -2.15. The maximum atomic E-state index is 12.6. The molecule has 0 bridgehead atoms. The van der Waals surface area contributed by atoms with Crippen molar-refractivity contribution in [3.63, 3.8) is 0 Å². The van der Waals surface area contributed by atoms with Gasteiger partial charge in [0.15, 0.2) is 0 Å². The van der Waals surface area contributed by atoms with Crippen molar-refractivity contribution in [1.82, 2.24) is 4.98 Å². The van der Waals surface area contributed by atoms with E-state index in [9.17, 15) is 18.0 Å². The summed E-state index contributed by atoms with van der Waals surface area (Å²) in [7, 11) is 0. The summed E-state index contributed by atoms with van der Waals surface area (Å²) >= 11 is 1.41. The zero-order valence-corrected chi connectivity index (χ0v) is 12.2. The molecule has 0 aliphatic heterocycles. The van der Waals surface area contributed by atoms with Crippen LogP contribution >= 0.6 is 11.3 Å². The van der Waals surface area contributed by atoms with Crippen molar-refractivity contribution < 1.29 is 18.0 Å². The van der Waals surface area contributed by atoms with Crippen LogP contribution in [0.4, 0.5) is 18.9 Å². The van der Waals surface area contributed by atoms with E-state index in [-0.39, 0.29) is 18.0 Å². The predicted molar refractivity (Wildman–Crippen MR) is 75.4 cm³/mol. The molecule has 0 atom stereocenters. The van der Waals surface area contributed by atoms with Crippen molar-refractivity contribution in [3.05, 3.63) is 45.4 Å². The number of amides is 1. The molecular weight excluding hydrogens is 301 g/mol. The summed E-state index contributed by atoms with van der Waals surface area (Å²) in [6.07, 6.45) is -4.32. The average Bonchev–Trinajstić information content (AvgIpc) is 2.67. The number of carbonyl (C=O) groups excluding carboxylic acids is 1. The number of rotatable bonds is 3. The van der Waals surface area contributed by atoms with Gasteiger partial charge < -0.3 is 5.32 Å². The summed E-state index contributed by atoms with van der Waals surface area (Å²) in [4.78, 5) is 16.9. The first-order chi connectivity index (χ1) is 9.75. The van der Waals surface area contributed by atoms with Crippen LogP contribution in [0.15, 0.2) is 24.3 Å². The number of halogens is 3. The van der Waals surface area contributed by atoms with E-state index in [2.05, 4.69) is 10.3 Å². The standard InChI is InChI=1S/C14H13F3N2OS/c1-8-12(21-9(2)18-8)7-13(20)19-11-5-3-4-10(6-11)14(15,16)17/h3-6H,7H2,1-2H3,(H,19,20). The van der Waals surface area contributed by atoms with E-state index in [0.29, 0.717) is 0 Å². The maximum absolute atomic E-state index is 12.6. The minimum Gasteiger partial charge on any atom is -0.326 e. The highest BCUT2D eigenvalue weighted by molar-refractivity contribution is 7.11. The predicted octanol–water partition coefficient (Wildman–Crippen LogP) is 3.96. The maximum Gasteiger partial charge on any atom is 0.416 e. The molecule has 112 valence electrons. The molecule has 0 radical (unpaired) electrons. The van der Waals surface area contributed by atoms with Gasteiger partial charge in [-0.1, -0.05) is 6.07 Å². The molecule has 0 aliphatic carbocycles. The van der Waals surface area contributed by atoms with E-state index >= 15 is 0 Å². The Morgan fingerprint density at radius 2 is 2.05 bits per heavy atom. The van der Waals surface area contributed by atoms with Crippen LogP contribution in [0.3, 0.4) is 0 Å². The van der Waals surface area contributed by atoms with Crippen molar-refractivity contribution in [1.29, 1.82) is 0 Å². The van der Waals surface area contributed by atoms with Crippen LogP contribution in [-0.2, 0) is 17.4 Å². The van der Waals surface area contributed by atoms with E-state index < -0.39 is 11.7 Å². The molecule has 0 aliphatic rings. The molecule has 0 saturated heterocycles. The van der Waals surface area contributed by atoms with Gasteiger partial charge in [0, 0.05) is 10.6 Å². The van der Waals surface area contributed by atoms with Gasteiger partial charge in [-0.15, -0.1) is 11.3 Å². The van der Waals surface area contributed by atoms with E-state index in [1.165, 1.54) is 23.5 Å². The van der Waals surface area contributed by atoms with Gasteiger partial charge >= 0.3 is 6.18 Å². The first-order valence-electron chi connectivity index (χ1n) is 6.16. The van der Waals surface area contributed by atoms with Gasteiger partial charge in [0.1, 0.15) is 0 Å². The smallest absolute Gasteiger partial charge is 0.326 e. The number of hydrogen-bond donors (Lipinski definition) is 1. The molecule has 0 fully saturated rings. The number of anilines is 1. The van der Waals surface area contributed by atoms with E-state index in [1.54, 1.807) is 6.92 Å². The number of benzene rings is 1. The summed E-state index contributed by atoms with van der Waals surface area (Å²) in [6, 6.07) is 4.58. The Morgan fingerprint density at radius 3 is 2.62 bits per heavy atom. The van der Waals surface area contributed by atoms with Crippen LogP contribution in [0.1, 0.15) is 21.1 Å². The second kappa shape index (κ2) is 5.85. The number of alkyl halides is 3. The lowest BCUT2D eigenvalue weighted by Gasteiger charge is -2.09. The Kier molecular flexibility index (Phi) is 4.32. The number of hydrogen-bond acceptors (Lipinski definition) is 3. The zero-order chi connectivity index (χ0) is 15.6. The molecule has 1 aromatic carbocycles. The van der Waals surface area contributed by atoms with Crippen LogP contribution in [0.25, 0.3) is 0 Å². The molecule has 1 N–H and O–H groups in total. The second-order valence-corrected chi connectivity index (χ2v) is 5.83. The molecule has 0 saturated carbocycles. The minimum absolute atomic E-state index is 0.105. The lowest BCUT2D eigenvalue weighted by atomic mass is 10.2. The fourth-order valence-corrected chi connectivity index (χ4v) is 2.80. The fourth-order valence-electron chi connectivity index (χ4n) is 1.86. The SMILES string of the molecule is Cc1nc(C)c(CC(=O)Nc2cccc(C(F)(F)F)c2)s1. The van der Waals surface area contributed by atoms with Gasteiger partial charge in [-0.2, -0.15) is 13.2 Å². The van der Waals surface area contributed by atoms with Crippen LogP contribution in [-0.4, -0.2) is 10.9 Å². The molecule has 3 nitrogen and oxygen atoms in total. The molecule has 2 aromatic rings. The highest BCUT2D eigenvalue weighted by atomic mass is 32.1. The van der Waals surface area contributed by atoms with Crippen molar-refractivity contribution in [2.45, 2.75) is 26.4 Å². The molecule has 7 heteroatoms.